The Morgan fingerprint density at radius 3 is 2.97 bits per heavy atom. The minimum Gasteiger partial charge on any atom is -0.344 e. The molecule has 0 bridgehead atoms. The summed E-state index contributed by atoms with van der Waals surface area (Å²) in [4.78, 5) is 19.8. The number of pyridine rings is 1. The molecule has 0 aliphatic carbocycles. The zero-order chi connectivity index (χ0) is 21.8. The van der Waals surface area contributed by atoms with E-state index < -0.39 is 0 Å². The van der Waals surface area contributed by atoms with Gasteiger partial charge in [-0.2, -0.15) is 0 Å². The molecular weight excluding hydrogens is 390 g/mol. The number of amides is 1. The zero-order valence-electron chi connectivity index (χ0n) is 18.1. The molecule has 3 N–H and O–H groups in total. The molecule has 1 unspecified atom stereocenters. The molecule has 1 aliphatic heterocycles. The molecule has 0 spiro atoms. The van der Waals surface area contributed by atoms with Gasteiger partial charge in [0.25, 0.3) is 5.91 Å². The van der Waals surface area contributed by atoms with E-state index in [0.29, 0.717) is 19.0 Å². The van der Waals surface area contributed by atoms with E-state index in [0.717, 1.165) is 48.0 Å². The van der Waals surface area contributed by atoms with Crippen LogP contribution in [0.3, 0.4) is 0 Å². The lowest BCUT2D eigenvalue weighted by Gasteiger charge is -2.31. The van der Waals surface area contributed by atoms with Crippen LogP contribution < -0.4 is 16.0 Å². The summed E-state index contributed by atoms with van der Waals surface area (Å²) in [5, 5.41) is 13.6. The molecule has 8 heteroatoms. The molecule has 1 aliphatic rings. The van der Waals surface area contributed by atoms with Gasteiger partial charge in [-0.15, -0.1) is 10.2 Å². The molecule has 1 amide bonds. The van der Waals surface area contributed by atoms with Crippen molar-refractivity contribution in [1.82, 2.24) is 25.1 Å². The van der Waals surface area contributed by atoms with Gasteiger partial charge in [-0.05, 0) is 37.6 Å². The molecule has 8 nitrogen and oxygen atoms in total. The summed E-state index contributed by atoms with van der Waals surface area (Å²) < 4.78 is 1.76. The maximum absolute atomic E-state index is 13.0. The molecule has 1 saturated heterocycles. The Morgan fingerprint density at radius 2 is 2.16 bits per heavy atom. The third kappa shape index (κ3) is 4.59. The van der Waals surface area contributed by atoms with Crippen LogP contribution in [-0.2, 0) is 6.54 Å². The summed E-state index contributed by atoms with van der Waals surface area (Å²) in [6.45, 7) is 5.88. The van der Waals surface area contributed by atoms with Crippen molar-refractivity contribution in [3.63, 3.8) is 0 Å². The average molecular weight is 420 g/mol. The molecule has 3 aromatic rings. The molecule has 0 radical (unpaired) electrons. The first-order valence-corrected chi connectivity index (χ1v) is 10.8. The van der Waals surface area contributed by atoms with Crippen molar-refractivity contribution in [1.29, 1.82) is 0 Å². The summed E-state index contributed by atoms with van der Waals surface area (Å²) >= 11 is 0. The lowest BCUT2D eigenvalue weighted by molar-refractivity contribution is 0.0938. The van der Waals surface area contributed by atoms with E-state index in [2.05, 4.69) is 31.5 Å². The molecule has 3 heterocycles. The largest absolute Gasteiger partial charge is 0.344 e. The van der Waals surface area contributed by atoms with Crippen LogP contribution in [0.15, 0.2) is 36.4 Å². The Hall–Kier alpha value is -3.26. The number of aromatic nitrogens is 4. The van der Waals surface area contributed by atoms with Crippen LogP contribution in [0, 0.1) is 6.92 Å². The van der Waals surface area contributed by atoms with E-state index in [1.807, 2.05) is 50.4 Å². The summed E-state index contributed by atoms with van der Waals surface area (Å²) in [5.74, 6) is 0.633. The third-order valence-electron chi connectivity index (χ3n) is 5.48. The van der Waals surface area contributed by atoms with Crippen LogP contribution in [-0.4, -0.2) is 44.8 Å². The zero-order valence-corrected chi connectivity index (χ0v) is 18.1. The van der Waals surface area contributed by atoms with Gasteiger partial charge in [0.2, 0.25) is 11.8 Å². The van der Waals surface area contributed by atoms with E-state index >= 15 is 0 Å². The highest BCUT2D eigenvalue weighted by Gasteiger charge is 2.25. The molecule has 0 saturated carbocycles. The number of fused-ring (bicyclic) bond motifs is 1. The van der Waals surface area contributed by atoms with E-state index in [-0.39, 0.29) is 17.8 Å². The Morgan fingerprint density at radius 1 is 1.32 bits per heavy atom. The number of piperidine rings is 1. The lowest BCUT2D eigenvalue weighted by atomic mass is 10.1. The van der Waals surface area contributed by atoms with Crippen LogP contribution in [0.2, 0.25) is 0 Å². The number of allylic oxidation sites excluding steroid dienone is 1. The van der Waals surface area contributed by atoms with Crippen LogP contribution in [0.25, 0.3) is 17.0 Å². The normalized spacial score (nSPS) is 16.9. The van der Waals surface area contributed by atoms with E-state index in [1.54, 1.807) is 4.57 Å². The minimum atomic E-state index is -0.284. The lowest BCUT2D eigenvalue weighted by Crippen LogP contribution is -2.43. The molecule has 162 valence electrons. The van der Waals surface area contributed by atoms with Gasteiger partial charge in [-0.1, -0.05) is 37.3 Å². The Kier molecular flexibility index (Phi) is 6.27. The molecular formula is C23H29N7O. The fourth-order valence-electron chi connectivity index (χ4n) is 3.99. The molecule has 1 aromatic carbocycles. The highest BCUT2D eigenvalue weighted by molar-refractivity contribution is 5.92. The molecule has 4 rings (SSSR count). The number of hydrogen-bond acceptors (Lipinski definition) is 6. The smallest absolute Gasteiger partial charge is 0.289 e. The third-order valence-corrected chi connectivity index (χ3v) is 5.48. The first-order chi connectivity index (χ1) is 15.1. The molecule has 31 heavy (non-hydrogen) atoms. The first kappa shape index (κ1) is 21.0. The fraction of sp³-hybridized carbons (Fsp3) is 0.391. The van der Waals surface area contributed by atoms with Crippen LogP contribution >= 0.6 is 0 Å². The number of aryl methyl sites for hydroxylation is 1. The number of nitrogens with zero attached hydrogens (tertiary/aromatic N) is 5. The van der Waals surface area contributed by atoms with Crippen molar-refractivity contribution in [2.75, 3.05) is 18.0 Å². The van der Waals surface area contributed by atoms with E-state index in [1.165, 1.54) is 0 Å². The van der Waals surface area contributed by atoms with Gasteiger partial charge in [0, 0.05) is 36.4 Å². The van der Waals surface area contributed by atoms with Gasteiger partial charge in [0.1, 0.15) is 0 Å². The number of anilines is 1. The maximum atomic E-state index is 13.0. The van der Waals surface area contributed by atoms with Crippen LogP contribution in [0.1, 0.15) is 48.2 Å². The Labute approximate surface area is 182 Å². The van der Waals surface area contributed by atoms with Gasteiger partial charge >= 0.3 is 0 Å². The van der Waals surface area contributed by atoms with Crippen molar-refractivity contribution in [2.45, 2.75) is 45.7 Å². The van der Waals surface area contributed by atoms with Crippen molar-refractivity contribution in [3.05, 3.63) is 53.6 Å². The second kappa shape index (κ2) is 9.26. The summed E-state index contributed by atoms with van der Waals surface area (Å²) in [6.07, 6.45) is 6.70. The fourth-order valence-corrected chi connectivity index (χ4v) is 3.99. The number of carbonyl (C=O) groups is 1. The predicted octanol–water partition coefficient (Wildman–Crippen LogP) is 2.87. The monoisotopic (exact) mass is 419 g/mol. The number of carbonyl (C=O) groups excluding carboxylic acids is 1. The predicted molar refractivity (Wildman–Crippen MR) is 123 cm³/mol. The second-order valence-electron chi connectivity index (χ2n) is 7.95. The highest BCUT2D eigenvalue weighted by atomic mass is 16.2. The van der Waals surface area contributed by atoms with Crippen molar-refractivity contribution in [2.24, 2.45) is 5.73 Å². The van der Waals surface area contributed by atoms with Gasteiger partial charge in [-0.25, -0.2) is 0 Å². The standard InChI is InChI=1S/C23H29N7O/c1-3-4-12-30-21(27-28-23(30)29-11-7-9-18(24)15-29)22(31)25-14-20-19-10-6-5-8-17(19)13-16(2)26-20/h4-6,8,10,12-13,18H,3,7,9,11,14-15,24H2,1-2H3,(H,25,31)/b12-4+. The summed E-state index contributed by atoms with van der Waals surface area (Å²) in [5.41, 5.74) is 7.90. The SMILES string of the molecule is CC/C=C/n1c(C(=O)NCc2nc(C)cc3ccccc23)nnc1N1CCCC(N)C1. The van der Waals surface area contributed by atoms with Gasteiger partial charge in [0.05, 0.1) is 12.2 Å². The second-order valence-corrected chi connectivity index (χ2v) is 7.95. The average Bonchev–Trinajstić information content (AvgIpc) is 3.19. The van der Waals surface area contributed by atoms with Crippen molar-refractivity contribution < 1.29 is 4.79 Å². The Bertz CT molecular complexity index is 1100. The van der Waals surface area contributed by atoms with Gasteiger partial charge in [-0.3, -0.25) is 14.3 Å². The van der Waals surface area contributed by atoms with Gasteiger partial charge in [0.15, 0.2) is 0 Å². The highest BCUT2D eigenvalue weighted by Crippen LogP contribution is 2.21. The maximum Gasteiger partial charge on any atom is 0.289 e. The summed E-state index contributed by atoms with van der Waals surface area (Å²) in [7, 11) is 0. The number of nitrogens with one attached hydrogen (secondary N) is 1. The number of rotatable bonds is 6. The van der Waals surface area contributed by atoms with Crippen molar-refractivity contribution in [3.8, 4) is 0 Å². The topological polar surface area (TPSA) is 102 Å². The molecule has 1 atom stereocenters. The van der Waals surface area contributed by atoms with Gasteiger partial charge < -0.3 is 16.0 Å². The first-order valence-electron chi connectivity index (χ1n) is 10.8. The number of benzene rings is 1. The van der Waals surface area contributed by atoms with E-state index in [9.17, 15) is 4.79 Å². The quantitative estimate of drug-likeness (QED) is 0.637. The number of hydrogen-bond donors (Lipinski definition) is 2. The van der Waals surface area contributed by atoms with Crippen LogP contribution in [0.4, 0.5) is 5.95 Å². The van der Waals surface area contributed by atoms with Crippen LogP contribution in [0.5, 0.6) is 0 Å². The number of nitrogens with two attached hydrogens (primary N) is 1. The van der Waals surface area contributed by atoms with E-state index in [4.69, 9.17) is 5.73 Å². The minimum absolute atomic E-state index is 0.104. The molecule has 2 aromatic heterocycles. The molecule has 1 fully saturated rings. The van der Waals surface area contributed by atoms with Crippen molar-refractivity contribution >= 4 is 28.8 Å². The Balaban J connectivity index is 1.58. The summed E-state index contributed by atoms with van der Waals surface area (Å²) in [6, 6.07) is 10.2.